The zero-order valence-electron chi connectivity index (χ0n) is 7.95. The van der Waals surface area contributed by atoms with Gasteiger partial charge < -0.3 is 10.2 Å². The van der Waals surface area contributed by atoms with Crippen LogP contribution in [0, 0.1) is 0 Å². The molecule has 13 heavy (non-hydrogen) atoms. The number of piperazine rings is 1. The number of hydrogen-bond acceptors (Lipinski definition) is 3. The molecule has 0 aromatic rings. The van der Waals surface area contributed by atoms with E-state index >= 15 is 0 Å². The summed E-state index contributed by atoms with van der Waals surface area (Å²) >= 11 is 1.93. The minimum atomic E-state index is 0.0231. The molecule has 2 saturated heterocycles. The number of rotatable bonds is 1. The molecule has 2 aliphatic rings. The van der Waals surface area contributed by atoms with Crippen molar-refractivity contribution in [3.8, 4) is 0 Å². The lowest BCUT2D eigenvalue weighted by molar-refractivity contribution is -0.135. The molecule has 1 N–H and O–H groups in total. The van der Waals surface area contributed by atoms with Crippen LogP contribution in [0.25, 0.3) is 0 Å². The molecule has 0 saturated carbocycles. The Labute approximate surface area is 83.2 Å². The molecule has 0 aromatic heterocycles. The minimum Gasteiger partial charge on any atom is -0.328 e. The maximum absolute atomic E-state index is 11.8. The fraction of sp³-hybridized carbons (Fsp3) is 0.889. The molecule has 0 aliphatic carbocycles. The van der Waals surface area contributed by atoms with Gasteiger partial charge in [-0.25, -0.2) is 0 Å². The first-order chi connectivity index (χ1) is 6.29. The van der Waals surface area contributed by atoms with E-state index in [9.17, 15) is 4.79 Å². The number of hydrogen-bond donors (Lipinski definition) is 1. The van der Waals surface area contributed by atoms with Gasteiger partial charge in [-0.05, 0) is 25.5 Å². The summed E-state index contributed by atoms with van der Waals surface area (Å²) in [6.45, 7) is 3.79. The second-order valence-corrected chi connectivity index (χ2v) is 4.96. The van der Waals surface area contributed by atoms with Crippen molar-refractivity contribution < 1.29 is 4.79 Å². The Balaban J connectivity index is 2.00. The summed E-state index contributed by atoms with van der Waals surface area (Å²) < 4.78 is 0. The van der Waals surface area contributed by atoms with Crippen molar-refractivity contribution in [2.24, 2.45) is 0 Å². The van der Waals surface area contributed by atoms with E-state index in [1.54, 1.807) is 0 Å². The zero-order valence-corrected chi connectivity index (χ0v) is 8.77. The molecule has 74 valence electrons. The van der Waals surface area contributed by atoms with Gasteiger partial charge in [0.2, 0.25) is 5.91 Å². The van der Waals surface area contributed by atoms with E-state index in [4.69, 9.17) is 0 Å². The Hall–Kier alpha value is -0.220. The summed E-state index contributed by atoms with van der Waals surface area (Å²) in [7, 11) is 0. The first kappa shape index (κ1) is 9.34. The predicted molar refractivity (Wildman–Crippen MR) is 54.7 cm³/mol. The van der Waals surface area contributed by atoms with Crippen molar-refractivity contribution in [3.05, 3.63) is 0 Å². The highest BCUT2D eigenvalue weighted by molar-refractivity contribution is 8.00. The van der Waals surface area contributed by atoms with Crippen LogP contribution in [0.1, 0.15) is 19.8 Å². The number of nitrogens with one attached hydrogen (secondary N) is 1. The summed E-state index contributed by atoms with van der Waals surface area (Å²) in [5, 5.41) is 3.65. The van der Waals surface area contributed by atoms with Crippen molar-refractivity contribution in [1.82, 2.24) is 10.2 Å². The Morgan fingerprint density at radius 1 is 1.62 bits per heavy atom. The van der Waals surface area contributed by atoms with Crippen molar-refractivity contribution in [1.29, 1.82) is 0 Å². The van der Waals surface area contributed by atoms with Crippen molar-refractivity contribution in [2.75, 3.05) is 18.8 Å². The van der Waals surface area contributed by atoms with Gasteiger partial charge in [0.1, 0.15) is 0 Å². The van der Waals surface area contributed by atoms with Gasteiger partial charge in [0.15, 0.2) is 0 Å². The fourth-order valence-corrected chi connectivity index (χ4v) is 3.27. The van der Waals surface area contributed by atoms with Gasteiger partial charge in [-0.2, -0.15) is 0 Å². The molecule has 2 heterocycles. The molecule has 2 unspecified atom stereocenters. The lowest BCUT2D eigenvalue weighted by Crippen LogP contribution is -2.55. The van der Waals surface area contributed by atoms with Crippen molar-refractivity contribution >= 4 is 17.7 Å². The highest BCUT2D eigenvalue weighted by Crippen LogP contribution is 2.29. The molecule has 0 bridgehead atoms. The average molecular weight is 200 g/mol. The van der Waals surface area contributed by atoms with E-state index < -0.39 is 0 Å². The first-order valence-electron chi connectivity index (χ1n) is 4.94. The van der Waals surface area contributed by atoms with Crippen molar-refractivity contribution in [2.45, 2.75) is 31.2 Å². The van der Waals surface area contributed by atoms with Crippen LogP contribution in [0.2, 0.25) is 0 Å². The number of carbonyl (C=O) groups excluding carboxylic acids is 1. The second kappa shape index (κ2) is 3.88. The SMILES string of the molecule is CC1NCCN(C2CCCS2)C1=O. The largest absolute Gasteiger partial charge is 0.328 e. The highest BCUT2D eigenvalue weighted by atomic mass is 32.2. The third kappa shape index (κ3) is 1.83. The molecule has 0 aromatic carbocycles. The third-order valence-corrected chi connectivity index (χ3v) is 4.11. The molecule has 2 aliphatic heterocycles. The lowest BCUT2D eigenvalue weighted by Gasteiger charge is -2.35. The average Bonchev–Trinajstić information content (AvgIpc) is 2.62. The third-order valence-electron chi connectivity index (χ3n) is 2.71. The molecule has 2 rings (SSSR count). The molecular formula is C9H16N2OS. The normalized spacial score (nSPS) is 35.5. The van der Waals surface area contributed by atoms with Crippen LogP contribution in [0.4, 0.5) is 0 Å². The van der Waals surface area contributed by atoms with Crippen LogP contribution in [0.3, 0.4) is 0 Å². The predicted octanol–water partition coefficient (Wildman–Crippen LogP) is 0.660. The van der Waals surface area contributed by atoms with E-state index in [2.05, 4.69) is 10.2 Å². The van der Waals surface area contributed by atoms with Gasteiger partial charge >= 0.3 is 0 Å². The number of nitrogens with zero attached hydrogens (tertiary/aromatic N) is 1. The van der Waals surface area contributed by atoms with Gasteiger partial charge in [0.25, 0.3) is 0 Å². The fourth-order valence-electron chi connectivity index (χ4n) is 1.94. The topological polar surface area (TPSA) is 32.3 Å². The molecular weight excluding hydrogens is 184 g/mol. The second-order valence-electron chi connectivity index (χ2n) is 3.68. The molecule has 2 fully saturated rings. The molecule has 2 atom stereocenters. The molecule has 3 nitrogen and oxygen atoms in total. The molecule has 1 amide bonds. The van der Waals surface area contributed by atoms with Crippen LogP contribution >= 0.6 is 11.8 Å². The van der Waals surface area contributed by atoms with E-state index in [-0.39, 0.29) is 11.9 Å². The summed E-state index contributed by atoms with van der Waals surface area (Å²) in [6, 6.07) is 0.0231. The molecule has 0 spiro atoms. The smallest absolute Gasteiger partial charge is 0.240 e. The van der Waals surface area contributed by atoms with E-state index in [1.165, 1.54) is 18.6 Å². The maximum atomic E-state index is 11.8. The van der Waals surface area contributed by atoms with Crippen LogP contribution in [0.15, 0.2) is 0 Å². The van der Waals surface area contributed by atoms with Gasteiger partial charge in [-0.3, -0.25) is 4.79 Å². The monoisotopic (exact) mass is 200 g/mol. The van der Waals surface area contributed by atoms with Gasteiger partial charge in [-0.1, -0.05) is 0 Å². The van der Waals surface area contributed by atoms with E-state index in [0.717, 1.165) is 13.1 Å². The Bertz CT molecular complexity index is 204. The summed E-state index contributed by atoms with van der Waals surface area (Å²) in [4.78, 5) is 13.8. The number of carbonyl (C=O) groups is 1. The summed E-state index contributed by atoms with van der Waals surface area (Å²) in [5.41, 5.74) is 0. The standard InChI is InChI=1S/C9H16N2OS/c1-7-9(12)11(5-4-10-7)8-3-2-6-13-8/h7-8,10H,2-6H2,1H3. The lowest BCUT2D eigenvalue weighted by atomic mass is 10.2. The summed E-state index contributed by atoms with van der Waals surface area (Å²) in [5.74, 6) is 1.50. The van der Waals surface area contributed by atoms with Gasteiger partial charge in [0.05, 0.1) is 11.4 Å². The number of thioether (sulfide) groups is 1. The Kier molecular flexibility index (Phi) is 2.79. The van der Waals surface area contributed by atoms with E-state index in [0.29, 0.717) is 5.37 Å². The first-order valence-corrected chi connectivity index (χ1v) is 5.99. The Morgan fingerprint density at radius 3 is 3.15 bits per heavy atom. The van der Waals surface area contributed by atoms with Crippen LogP contribution < -0.4 is 5.32 Å². The maximum Gasteiger partial charge on any atom is 0.240 e. The highest BCUT2D eigenvalue weighted by Gasteiger charge is 2.32. The zero-order chi connectivity index (χ0) is 9.26. The Morgan fingerprint density at radius 2 is 2.46 bits per heavy atom. The molecule has 0 radical (unpaired) electrons. The van der Waals surface area contributed by atoms with Gasteiger partial charge in [-0.15, -0.1) is 11.8 Å². The molecule has 4 heteroatoms. The van der Waals surface area contributed by atoms with Crippen LogP contribution in [0.5, 0.6) is 0 Å². The van der Waals surface area contributed by atoms with Crippen LogP contribution in [-0.4, -0.2) is 41.1 Å². The minimum absolute atomic E-state index is 0.0231. The number of amides is 1. The quantitative estimate of drug-likeness (QED) is 0.675. The van der Waals surface area contributed by atoms with Gasteiger partial charge in [0, 0.05) is 13.1 Å². The summed E-state index contributed by atoms with van der Waals surface area (Å²) in [6.07, 6.45) is 2.45. The van der Waals surface area contributed by atoms with Crippen LogP contribution in [-0.2, 0) is 4.79 Å². The van der Waals surface area contributed by atoms with E-state index in [1.807, 2.05) is 18.7 Å². The van der Waals surface area contributed by atoms with Crippen molar-refractivity contribution in [3.63, 3.8) is 0 Å².